The van der Waals surface area contributed by atoms with Crippen molar-refractivity contribution in [1.82, 2.24) is 9.29 Å². The van der Waals surface area contributed by atoms with E-state index in [4.69, 9.17) is 0 Å². The number of carbonyl (C=O) groups excluding carboxylic acids is 1. The molecular weight excluding hydrogens is 578 g/mol. The molecule has 0 unspecified atom stereocenters. The number of fused-ring (bicyclic) bond motifs is 1. The lowest BCUT2D eigenvalue weighted by Gasteiger charge is -2.30. The Labute approximate surface area is 237 Å². The highest BCUT2D eigenvalue weighted by molar-refractivity contribution is 7.89. The zero-order valence-electron chi connectivity index (χ0n) is 21.3. The monoisotopic (exact) mass is 601 g/mol. The second kappa shape index (κ2) is 11.5. The minimum absolute atomic E-state index is 0.0539. The van der Waals surface area contributed by atoms with Gasteiger partial charge in [0.1, 0.15) is 5.82 Å². The molecule has 14 heteroatoms. The van der Waals surface area contributed by atoms with Crippen LogP contribution in [0.3, 0.4) is 0 Å². The van der Waals surface area contributed by atoms with Gasteiger partial charge in [-0.2, -0.15) is 14.4 Å². The summed E-state index contributed by atoms with van der Waals surface area (Å²) in [5.41, 5.74) is 0.618. The Bertz CT molecular complexity index is 1700. The summed E-state index contributed by atoms with van der Waals surface area (Å²) in [6.07, 6.45) is 6.03. The quantitative estimate of drug-likeness (QED) is 0.138. The van der Waals surface area contributed by atoms with Gasteiger partial charge in [-0.3, -0.25) is 14.9 Å². The Balaban J connectivity index is 1.45. The van der Waals surface area contributed by atoms with Crippen LogP contribution in [0.15, 0.2) is 64.6 Å². The highest BCUT2D eigenvalue weighted by Gasteiger charge is 2.29. The van der Waals surface area contributed by atoms with Gasteiger partial charge in [0.25, 0.3) is 5.91 Å². The van der Waals surface area contributed by atoms with E-state index in [1.807, 2.05) is 0 Å². The van der Waals surface area contributed by atoms with Gasteiger partial charge in [0.2, 0.25) is 15.2 Å². The first-order chi connectivity index (χ1) is 19.1. The molecule has 40 heavy (non-hydrogen) atoms. The number of halogens is 1. The van der Waals surface area contributed by atoms with Crippen molar-refractivity contribution in [2.75, 3.05) is 12.1 Å². The molecule has 1 saturated carbocycles. The Hall–Kier alpha value is -3.59. The Morgan fingerprint density at radius 2 is 1.82 bits per heavy atom. The number of benzene rings is 2. The molecule has 0 N–H and O–H groups in total. The van der Waals surface area contributed by atoms with E-state index in [0.717, 1.165) is 59.8 Å². The summed E-state index contributed by atoms with van der Waals surface area (Å²) in [5, 5.41) is 16.4. The summed E-state index contributed by atoms with van der Waals surface area (Å²) in [4.78, 5) is 29.1. The third kappa shape index (κ3) is 5.80. The molecule has 2 aromatic carbocycles. The largest absolute Gasteiger partial charge is 0.324 e. The number of carbonyl (C=O) groups is 1. The zero-order valence-corrected chi connectivity index (χ0v) is 23.7. The van der Waals surface area contributed by atoms with Gasteiger partial charge >= 0.3 is 5.00 Å². The molecule has 4 aromatic rings. The third-order valence-electron chi connectivity index (χ3n) is 6.67. The first-order valence-corrected chi connectivity index (χ1v) is 15.5. The molecule has 1 aliphatic rings. The standard InChI is InChI=1S/C26H24FN5O5S3/c1-30(19-5-3-2-4-6-19)40(36,37)21-11-7-17(8-12-21)25(33)31(28-16-20-10-14-24(38-20)32(34)35)26-29-22-13-9-18(27)15-23(22)39-26/h7-16,19H,2-6H2,1H3/b28-16+. The van der Waals surface area contributed by atoms with E-state index in [1.165, 1.54) is 65.1 Å². The van der Waals surface area contributed by atoms with Crippen molar-refractivity contribution in [3.05, 3.63) is 81.0 Å². The number of nitro groups is 1. The second-order valence-electron chi connectivity index (χ2n) is 9.24. The summed E-state index contributed by atoms with van der Waals surface area (Å²) < 4.78 is 42.1. The van der Waals surface area contributed by atoms with Crippen molar-refractivity contribution in [3.63, 3.8) is 0 Å². The van der Waals surface area contributed by atoms with Crippen LogP contribution in [-0.4, -0.2) is 47.8 Å². The molecule has 2 heterocycles. The van der Waals surface area contributed by atoms with Gasteiger partial charge < -0.3 is 0 Å². The number of thiazole rings is 1. The van der Waals surface area contributed by atoms with Crippen molar-refractivity contribution < 1.29 is 22.5 Å². The fraction of sp³-hybridized carbons (Fsp3) is 0.269. The molecule has 5 rings (SSSR count). The number of nitrogens with zero attached hydrogens (tertiary/aromatic N) is 5. The molecule has 1 fully saturated rings. The predicted molar refractivity (Wildman–Crippen MR) is 153 cm³/mol. The van der Waals surface area contributed by atoms with E-state index in [0.29, 0.717) is 15.1 Å². The average molecular weight is 602 g/mol. The van der Waals surface area contributed by atoms with Crippen LogP contribution < -0.4 is 5.01 Å². The van der Waals surface area contributed by atoms with E-state index in [1.54, 1.807) is 7.05 Å². The van der Waals surface area contributed by atoms with Crippen molar-refractivity contribution in [3.8, 4) is 0 Å². The summed E-state index contributed by atoms with van der Waals surface area (Å²) >= 11 is 1.94. The maximum Gasteiger partial charge on any atom is 0.324 e. The van der Waals surface area contributed by atoms with E-state index < -0.39 is 26.7 Å². The molecule has 0 atom stereocenters. The van der Waals surface area contributed by atoms with Crippen LogP contribution in [0, 0.1) is 15.9 Å². The first-order valence-electron chi connectivity index (χ1n) is 12.4. The van der Waals surface area contributed by atoms with Crippen LogP contribution in [0.25, 0.3) is 10.2 Å². The lowest BCUT2D eigenvalue weighted by Crippen LogP contribution is -2.38. The van der Waals surface area contributed by atoms with Crippen LogP contribution in [0.4, 0.5) is 14.5 Å². The van der Waals surface area contributed by atoms with Gasteiger partial charge in [0, 0.05) is 24.7 Å². The molecule has 1 amide bonds. The first kappa shape index (κ1) is 28.0. The number of hydrogen-bond acceptors (Lipinski definition) is 9. The van der Waals surface area contributed by atoms with Gasteiger partial charge in [-0.15, -0.1) is 0 Å². The van der Waals surface area contributed by atoms with E-state index >= 15 is 0 Å². The normalized spacial score (nSPS) is 14.8. The lowest BCUT2D eigenvalue weighted by molar-refractivity contribution is -0.380. The fourth-order valence-electron chi connectivity index (χ4n) is 4.49. The summed E-state index contributed by atoms with van der Waals surface area (Å²) in [6.45, 7) is 0. The second-order valence-corrected chi connectivity index (χ2v) is 13.3. The van der Waals surface area contributed by atoms with Crippen molar-refractivity contribution >= 4 is 65.2 Å². The maximum absolute atomic E-state index is 13.8. The number of hydrazone groups is 1. The smallest absolute Gasteiger partial charge is 0.267 e. The number of aromatic nitrogens is 1. The molecule has 0 aliphatic heterocycles. The van der Waals surface area contributed by atoms with Crippen molar-refractivity contribution in [1.29, 1.82) is 0 Å². The summed E-state index contributed by atoms with van der Waals surface area (Å²) in [5.74, 6) is -1.06. The number of thiophene rings is 1. The van der Waals surface area contributed by atoms with Gasteiger partial charge in [-0.1, -0.05) is 41.9 Å². The van der Waals surface area contributed by atoms with Gasteiger partial charge in [-0.25, -0.2) is 17.8 Å². The van der Waals surface area contributed by atoms with Gasteiger partial charge in [0.05, 0.1) is 31.1 Å². The highest BCUT2D eigenvalue weighted by atomic mass is 32.2. The zero-order chi connectivity index (χ0) is 28.4. The molecule has 208 valence electrons. The molecule has 1 aliphatic carbocycles. The van der Waals surface area contributed by atoms with Gasteiger partial charge in [-0.05, 0) is 61.4 Å². The van der Waals surface area contributed by atoms with Crippen LogP contribution in [0.1, 0.15) is 47.3 Å². The Kier molecular flexibility index (Phi) is 8.03. The maximum atomic E-state index is 13.8. The van der Waals surface area contributed by atoms with E-state index in [9.17, 15) is 27.7 Å². The summed E-state index contributed by atoms with van der Waals surface area (Å²) in [7, 11) is -2.16. The Morgan fingerprint density at radius 1 is 1.10 bits per heavy atom. The lowest BCUT2D eigenvalue weighted by atomic mass is 9.96. The molecule has 2 aromatic heterocycles. The third-order valence-corrected chi connectivity index (χ3v) is 10.6. The van der Waals surface area contributed by atoms with Crippen LogP contribution in [0.5, 0.6) is 0 Å². The van der Waals surface area contributed by atoms with E-state index in [-0.39, 0.29) is 26.6 Å². The van der Waals surface area contributed by atoms with E-state index in [2.05, 4.69) is 10.1 Å². The van der Waals surface area contributed by atoms with Crippen molar-refractivity contribution in [2.45, 2.75) is 43.0 Å². The number of anilines is 1. The molecule has 0 radical (unpaired) electrons. The molecule has 0 saturated heterocycles. The minimum Gasteiger partial charge on any atom is -0.267 e. The van der Waals surface area contributed by atoms with Crippen LogP contribution in [-0.2, 0) is 10.0 Å². The highest BCUT2D eigenvalue weighted by Crippen LogP contribution is 2.32. The van der Waals surface area contributed by atoms with Crippen LogP contribution >= 0.6 is 22.7 Å². The summed E-state index contributed by atoms with van der Waals surface area (Å²) in [6, 6.07) is 12.4. The van der Waals surface area contributed by atoms with Crippen LogP contribution in [0.2, 0.25) is 0 Å². The molecule has 0 spiro atoms. The molecule has 0 bridgehead atoms. The Morgan fingerprint density at radius 3 is 2.50 bits per heavy atom. The average Bonchev–Trinajstić information content (AvgIpc) is 3.60. The molecular formula is C26H24FN5O5S3. The SMILES string of the molecule is CN(C1CCCCC1)S(=O)(=O)c1ccc(C(=O)N(/N=C/c2ccc([N+](=O)[O-])s2)c2nc3ccc(F)cc3s2)cc1. The van der Waals surface area contributed by atoms with Gasteiger partial charge in [0.15, 0.2) is 0 Å². The molecule has 10 nitrogen and oxygen atoms in total. The fourth-order valence-corrected chi connectivity index (χ4v) is 7.54. The number of hydrogen-bond donors (Lipinski definition) is 0. The van der Waals surface area contributed by atoms with Crippen molar-refractivity contribution in [2.24, 2.45) is 5.10 Å². The number of sulfonamides is 1. The number of rotatable bonds is 8. The topological polar surface area (TPSA) is 126 Å². The number of amides is 1. The predicted octanol–water partition coefficient (Wildman–Crippen LogP) is 6.04. The minimum atomic E-state index is -3.75.